The third-order valence-electron chi connectivity index (χ3n) is 2.87. The zero-order valence-electron chi connectivity index (χ0n) is 10.1. The Morgan fingerprint density at radius 2 is 1.94 bits per heavy atom. The van der Waals surface area contributed by atoms with Gasteiger partial charge in [-0.2, -0.15) is 11.3 Å². The summed E-state index contributed by atoms with van der Waals surface area (Å²) in [7, 11) is 0. The quantitative estimate of drug-likeness (QED) is 0.889. The van der Waals surface area contributed by atoms with Gasteiger partial charge in [-0.1, -0.05) is 24.3 Å². The summed E-state index contributed by atoms with van der Waals surface area (Å²) >= 11 is 1.65. The van der Waals surface area contributed by atoms with Crippen LogP contribution in [0.25, 0.3) is 11.1 Å². The van der Waals surface area contributed by atoms with E-state index < -0.39 is 11.5 Å². The summed E-state index contributed by atoms with van der Waals surface area (Å²) in [5, 5.41) is 13.1. The van der Waals surface area contributed by atoms with E-state index in [1.807, 2.05) is 29.6 Å². The normalized spacial score (nSPS) is 14.1. The van der Waals surface area contributed by atoms with Crippen LogP contribution in [-0.4, -0.2) is 16.6 Å². The molecule has 1 aromatic heterocycles. The van der Waals surface area contributed by atoms with Gasteiger partial charge in [-0.15, -0.1) is 0 Å². The summed E-state index contributed by atoms with van der Waals surface area (Å²) in [5.41, 5.74) is 7.75. The Balaban J connectivity index is 2.16. The number of aliphatic carboxylic acids is 1. The highest BCUT2D eigenvalue weighted by atomic mass is 32.1. The summed E-state index contributed by atoms with van der Waals surface area (Å²) in [4.78, 5) is 11.0. The van der Waals surface area contributed by atoms with Crippen molar-refractivity contribution in [3.63, 3.8) is 0 Å². The minimum atomic E-state index is -1.22. The van der Waals surface area contributed by atoms with E-state index in [1.54, 1.807) is 11.3 Å². The van der Waals surface area contributed by atoms with E-state index in [0.717, 1.165) is 11.1 Å². The van der Waals surface area contributed by atoms with Crippen molar-refractivity contribution in [2.24, 2.45) is 5.73 Å². The molecule has 0 bridgehead atoms. The molecule has 0 saturated carbocycles. The number of benzene rings is 1. The molecule has 1 aromatic carbocycles. The van der Waals surface area contributed by atoms with Crippen molar-refractivity contribution >= 4 is 17.3 Å². The van der Waals surface area contributed by atoms with Crippen molar-refractivity contribution in [1.29, 1.82) is 0 Å². The fourth-order valence-electron chi connectivity index (χ4n) is 1.74. The van der Waals surface area contributed by atoms with Gasteiger partial charge in [0.1, 0.15) is 5.54 Å². The Labute approximate surface area is 110 Å². The van der Waals surface area contributed by atoms with Gasteiger partial charge in [0.15, 0.2) is 0 Å². The van der Waals surface area contributed by atoms with Gasteiger partial charge in [0, 0.05) is 6.42 Å². The first-order chi connectivity index (χ1) is 8.49. The lowest BCUT2D eigenvalue weighted by molar-refractivity contribution is -0.142. The summed E-state index contributed by atoms with van der Waals surface area (Å²) in [6.45, 7) is 1.53. The SMILES string of the molecule is C[C@](N)(Cc1ccc(-c2ccsc2)cc1)C(=O)O. The molecule has 2 aromatic rings. The molecule has 0 saturated heterocycles. The van der Waals surface area contributed by atoms with Crippen LogP contribution in [0.5, 0.6) is 0 Å². The molecule has 3 N–H and O–H groups in total. The third-order valence-corrected chi connectivity index (χ3v) is 3.55. The van der Waals surface area contributed by atoms with Crippen molar-refractivity contribution in [3.05, 3.63) is 46.7 Å². The number of thiophene rings is 1. The molecule has 4 heteroatoms. The molecule has 1 heterocycles. The van der Waals surface area contributed by atoms with Crippen LogP contribution in [0, 0.1) is 0 Å². The maximum atomic E-state index is 11.0. The second-order valence-corrected chi connectivity index (χ2v) is 5.39. The zero-order valence-corrected chi connectivity index (χ0v) is 10.9. The number of carbonyl (C=O) groups is 1. The van der Waals surface area contributed by atoms with Gasteiger partial charge in [-0.25, -0.2) is 0 Å². The lowest BCUT2D eigenvalue weighted by Gasteiger charge is -2.19. The molecule has 0 unspecified atom stereocenters. The highest BCUT2D eigenvalue weighted by Gasteiger charge is 2.27. The smallest absolute Gasteiger partial charge is 0.323 e. The van der Waals surface area contributed by atoms with Crippen molar-refractivity contribution < 1.29 is 9.90 Å². The first kappa shape index (κ1) is 12.8. The molecule has 18 heavy (non-hydrogen) atoms. The fraction of sp³-hybridized carbons (Fsp3) is 0.214. The van der Waals surface area contributed by atoms with Crippen molar-refractivity contribution in [3.8, 4) is 11.1 Å². The Morgan fingerprint density at radius 1 is 1.28 bits per heavy atom. The van der Waals surface area contributed by atoms with Crippen LogP contribution in [0.3, 0.4) is 0 Å². The van der Waals surface area contributed by atoms with Gasteiger partial charge in [0.25, 0.3) is 0 Å². The van der Waals surface area contributed by atoms with Gasteiger partial charge < -0.3 is 10.8 Å². The number of carboxylic acids is 1. The van der Waals surface area contributed by atoms with E-state index in [0.29, 0.717) is 6.42 Å². The van der Waals surface area contributed by atoms with Crippen molar-refractivity contribution in [2.75, 3.05) is 0 Å². The van der Waals surface area contributed by atoms with Gasteiger partial charge in [-0.3, -0.25) is 4.79 Å². The fourth-order valence-corrected chi connectivity index (χ4v) is 2.41. The van der Waals surface area contributed by atoms with E-state index >= 15 is 0 Å². The molecule has 0 radical (unpaired) electrons. The van der Waals surface area contributed by atoms with Crippen LogP contribution in [0.2, 0.25) is 0 Å². The number of carboxylic acid groups (broad SMARTS) is 1. The minimum absolute atomic E-state index is 0.326. The van der Waals surface area contributed by atoms with E-state index in [1.165, 1.54) is 12.5 Å². The standard InChI is InChI=1S/C14H15NO2S/c1-14(15,13(16)17)8-10-2-4-11(5-3-10)12-6-7-18-9-12/h2-7,9H,8,15H2,1H3,(H,16,17)/t14-/m0/s1. The minimum Gasteiger partial charge on any atom is -0.480 e. The predicted molar refractivity (Wildman–Crippen MR) is 73.7 cm³/mol. The topological polar surface area (TPSA) is 63.3 Å². The number of hydrogen-bond acceptors (Lipinski definition) is 3. The molecular formula is C14H15NO2S. The lowest BCUT2D eigenvalue weighted by atomic mass is 9.93. The molecule has 0 aliphatic carbocycles. The summed E-state index contributed by atoms with van der Waals surface area (Å²) in [6.07, 6.45) is 0.326. The molecule has 0 aliphatic rings. The maximum absolute atomic E-state index is 11.0. The molecule has 0 aliphatic heterocycles. The number of rotatable bonds is 4. The molecule has 0 fully saturated rings. The molecule has 0 amide bonds. The maximum Gasteiger partial charge on any atom is 0.323 e. The summed E-state index contributed by atoms with van der Waals surface area (Å²) < 4.78 is 0. The largest absolute Gasteiger partial charge is 0.480 e. The van der Waals surface area contributed by atoms with Gasteiger partial charge in [0.2, 0.25) is 0 Å². The van der Waals surface area contributed by atoms with Crippen LogP contribution in [-0.2, 0) is 11.2 Å². The number of hydrogen-bond donors (Lipinski definition) is 2. The van der Waals surface area contributed by atoms with Crippen LogP contribution in [0.15, 0.2) is 41.1 Å². The monoisotopic (exact) mass is 261 g/mol. The Bertz CT molecular complexity index is 529. The zero-order chi connectivity index (χ0) is 13.2. The number of nitrogens with two attached hydrogens (primary N) is 1. The molecular weight excluding hydrogens is 246 g/mol. The molecule has 3 nitrogen and oxygen atoms in total. The van der Waals surface area contributed by atoms with Crippen molar-refractivity contribution in [2.45, 2.75) is 18.9 Å². The highest BCUT2D eigenvalue weighted by molar-refractivity contribution is 7.08. The van der Waals surface area contributed by atoms with Gasteiger partial charge in [0.05, 0.1) is 0 Å². The highest BCUT2D eigenvalue weighted by Crippen LogP contribution is 2.23. The van der Waals surface area contributed by atoms with Crippen LogP contribution >= 0.6 is 11.3 Å². The molecule has 94 valence electrons. The Morgan fingerprint density at radius 3 is 2.44 bits per heavy atom. The molecule has 1 atom stereocenters. The molecule has 0 spiro atoms. The Kier molecular flexibility index (Phi) is 3.50. The Hall–Kier alpha value is -1.65. The van der Waals surface area contributed by atoms with Crippen LogP contribution in [0.4, 0.5) is 0 Å². The first-order valence-corrected chi connectivity index (χ1v) is 6.57. The summed E-state index contributed by atoms with van der Waals surface area (Å²) in [5.74, 6) is -0.982. The third kappa shape index (κ3) is 2.78. The average Bonchev–Trinajstić information content (AvgIpc) is 2.83. The first-order valence-electron chi connectivity index (χ1n) is 5.63. The van der Waals surface area contributed by atoms with Crippen LogP contribution in [0.1, 0.15) is 12.5 Å². The van der Waals surface area contributed by atoms with Crippen LogP contribution < -0.4 is 5.73 Å². The van der Waals surface area contributed by atoms with E-state index in [9.17, 15) is 4.79 Å². The second kappa shape index (κ2) is 4.92. The van der Waals surface area contributed by atoms with E-state index in [4.69, 9.17) is 10.8 Å². The molecule has 2 rings (SSSR count). The predicted octanol–water partition coefficient (Wildman–Crippen LogP) is 2.76. The van der Waals surface area contributed by atoms with Gasteiger partial charge in [-0.05, 0) is 40.4 Å². The van der Waals surface area contributed by atoms with Gasteiger partial charge >= 0.3 is 5.97 Å². The van der Waals surface area contributed by atoms with E-state index in [2.05, 4.69) is 11.4 Å². The van der Waals surface area contributed by atoms with Crippen molar-refractivity contribution in [1.82, 2.24) is 0 Å². The average molecular weight is 261 g/mol. The summed E-state index contributed by atoms with van der Waals surface area (Å²) in [6, 6.07) is 9.91. The van der Waals surface area contributed by atoms with E-state index in [-0.39, 0.29) is 0 Å². The second-order valence-electron chi connectivity index (χ2n) is 4.61. The lowest BCUT2D eigenvalue weighted by Crippen LogP contribution is -2.46.